The summed E-state index contributed by atoms with van der Waals surface area (Å²) in [5.41, 5.74) is 0. The lowest BCUT2D eigenvalue weighted by atomic mass is 10.3. The zero-order valence-electron chi connectivity index (χ0n) is 9.66. The molecule has 0 aromatic rings. The fourth-order valence-corrected chi connectivity index (χ4v) is 1.97. The predicted molar refractivity (Wildman–Crippen MR) is 57.7 cm³/mol. The van der Waals surface area contributed by atoms with Crippen LogP contribution in [0.1, 0.15) is 12.8 Å². The largest absolute Gasteiger partial charge is 0.480 e. The third-order valence-electron chi connectivity index (χ3n) is 1.76. The van der Waals surface area contributed by atoms with Gasteiger partial charge < -0.3 is 10.4 Å². The normalized spacial score (nSPS) is 12.2. The molecule has 7 nitrogen and oxygen atoms in total. The van der Waals surface area contributed by atoms with E-state index < -0.39 is 59.8 Å². The quantitative estimate of drug-likeness (QED) is 0.557. The third kappa shape index (κ3) is 11.5. The number of carbonyl (C=O) groups excluding carboxylic acids is 1. The van der Waals surface area contributed by atoms with Crippen molar-refractivity contribution in [1.29, 1.82) is 0 Å². The summed E-state index contributed by atoms with van der Waals surface area (Å²) in [6, 6.07) is 0. The van der Waals surface area contributed by atoms with Gasteiger partial charge in [-0.15, -0.1) is 0 Å². The molecule has 19 heavy (non-hydrogen) atoms. The van der Waals surface area contributed by atoms with Crippen molar-refractivity contribution in [3.63, 3.8) is 0 Å². The number of sulfonamides is 1. The molecule has 11 heteroatoms. The summed E-state index contributed by atoms with van der Waals surface area (Å²) in [6.07, 6.45) is -6.29. The van der Waals surface area contributed by atoms with E-state index in [1.165, 1.54) is 0 Å². The molecule has 0 fully saturated rings. The fourth-order valence-electron chi connectivity index (χ4n) is 0.947. The lowest BCUT2D eigenvalue weighted by Crippen LogP contribution is -2.39. The smallest absolute Gasteiger partial charge is 0.389 e. The number of halogens is 3. The summed E-state index contributed by atoms with van der Waals surface area (Å²) in [7, 11) is -4.00. The minimum atomic E-state index is -4.44. The van der Waals surface area contributed by atoms with Crippen LogP contribution in [0.25, 0.3) is 0 Å². The number of carboxylic acid groups (broad SMARTS) is 1. The van der Waals surface area contributed by atoms with Crippen molar-refractivity contribution in [1.82, 2.24) is 10.0 Å². The molecular formula is C8H13F3N2O5S. The van der Waals surface area contributed by atoms with Gasteiger partial charge >= 0.3 is 12.1 Å². The second kappa shape index (κ2) is 7.28. The Morgan fingerprint density at radius 1 is 1.16 bits per heavy atom. The van der Waals surface area contributed by atoms with Crippen LogP contribution in [0.2, 0.25) is 0 Å². The van der Waals surface area contributed by atoms with E-state index in [0.29, 0.717) is 0 Å². The van der Waals surface area contributed by atoms with Gasteiger partial charge in [0.2, 0.25) is 15.9 Å². The minimum Gasteiger partial charge on any atom is -0.480 e. The van der Waals surface area contributed by atoms with Crippen LogP contribution in [0.5, 0.6) is 0 Å². The van der Waals surface area contributed by atoms with Crippen LogP contribution in [0.3, 0.4) is 0 Å². The molecule has 0 saturated heterocycles. The van der Waals surface area contributed by atoms with E-state index in [1.54, 1.807) is 4.72 Å². The van der Waals surface area contributed by atoms with Crippen LogP contribution in [0, 0.1) is 0 Å². The number of carboxylic acids is 1. The van der Waals surface area contributed by atoms with E-state index in [2.05, 4.69) is 0 Å². The SMILES string of the molecule is O=C(O)CNC(=O)CNS(=O)(=O)CCCC(F)(F)F. The molecule has 0 radical (unpaired) electrons. The maximum Gasteiger partial charge on any atom is 0.389 e. The predicted octanol–water partition coefficient (Wildman–Crippen LogP) is -0.551. The number of rotatable bonds is 8. The van der Waals surface area contributed by atoms with Crippen LogP contribution >= 0.6 is 0 Å². The summed E-state index contributed by atoms with van der Waals surface area (Å²) >= 11 is 0. The molecule has 0 aliphatic carbocycles. The van der Waals surface area contributed by atoms with Crippen LogP contribution < -0.4 is 10.0 Å². The molecule has 0 aromatic carbocycles. The maximum absolute atomic E-state index is 11.8. The van der Waals surface area contributed by atoms with Gasteiger partial charge in [-0.2, -0.15) is 13.2 Å². The van der Waals surface area contributed by atoms with E-state index in [4.69, 9.17) is 5.11 Å². The van der Waals surface area contributed by atoms with Crippen molar-refractivity contribution >= 4 is 21.9 Å². The molecule has 0 heterocycles. The molecule has 0 rings (SSSR count). The summed E-state index contributed by atoms with van der Waals surface area (Å²) in [4.78, 5) is 21.0. The van der Waals surface area contributed by atoms with Gasteiger partial charge in [0.25, 0.3) is 0 Å². The van der Waals surface area contributed by atoms with Gasteiger partial charge in [0.15, 0.2) is 0 Å². The first-order valence-corrected chi connectivity index (χ1v) is 6.69. The number of hydrogen-bond acceptors (Lipinski definition) is 4. The summed E-state index contributed by atoms with van der Waals surface area (Å²) < 4.78 is 59.5. The Balaban J connectivity index is 3.97. The number of amides is 1. The van der Waals surface area contributed by atoms with Crippen LogP contribution in [-0.4, -0.2) is 50.4 Å². The molecule has 0 bridgehead atoms. The monoisotopic (exact) mass is 306 g/mol. The van der Waals surface area contributed by atoms with Gasteiger partial charge in [-0.05, 0) is 6.42 Å². The van der Waals surface area contributed by atoms with E-state index in [9.17, 15) is 31.2 Å². The van der Waals surface area contributed by atoms with E-state index in [-0.39, 0.29) is 0 Å². The Labute approximate surface area is 107 Å². The first kappa shape index (κ1) is 17.6. The molecule has 0 saturated carbocycles. The molecule has 0 spiro atoms. The molecule has 0 aliphatic rings. The molecule has 0 atom stereocenters. The molecule has 0 aliphatic heterocycles. The topological polar surface area (TPSA) is 113 Å². The van der Waals surface area contributed by atoms with Gasteiger partial charge in [-0.1, -0.05) is 0 Å². The molecule has 112 valence electrons. The second-order valence-corrected chi connectivity index (χ2v) is 5.46. The van der Waals surface area contributed by atoms with E-state index in [1.807, 2.05) is 5.32 Å². The van der Waals surface area contributed by atoms with E-state index >= 15 is 0 Å². The Morgan fingerprint density at radius 2 is 1.74 bits per heavy atom. The number of carbonyl (C=O) groups is 2. The molecule has 1 amide bonds. The standard InChI is InChI=1S/C8H13F3N2O5S/c9-8(10,11)2-1-3-19(17,18)13-4-6(14)12-5-7(15)16/h13H,1-5H2,(H,12,14)(H,15,16). The van der Waals surface area contributed by atoms with Crippen LogP contribution in [0.15, 0.2) is 0 Å². The number of hydrogen-bond donors (Lipinski definition) is 3. The number of aliphatic carboxylic acids is 1. The molecule has 0 unspecified atom stereocenters. The maximum atomic E-state index is 11.8. The highest BCUT2D eigenvalue weighted by molar-refractivity contribution is 7.89. The van der Waals surface area contributed by atoms with Crippen molar-refractivity contribution < 1.29 is 36.3 Å². The molecular weight excluding hydrogens is 293 g/mol. The first-order valence-electron chi connectivity index (χ1n) is 5.04. The highest BCUT2D eigenvalue weighted by Crippen LogP contribution is 2.21. The van der Waals surface area contributed by atoms with Crippen LogP contribution in [-0.2, 0) is 19.6 Å². The molecule has 0 aromatic heterocycles. The summed E-state index contributed by atoms with van der Waals surface area (Å²) in [5, 5.41) is 10.1. The van der Waals surface area contributed by atoms with Crippen LogP contribution in [0.4, 0.5) is 13.2 Å². The Kier molecular flexibility index (Phi) is 6.76. The van der Waals surface area contributed by atoms with Crippen molar-refractivity contribution in [2.45, 2.75) is 19.0 Å². The highest BCUT2D eigenvalue weighted by atomic mass is 32.2. The average Bonchev–Trinajstić information content (AvgIpc) is 2.21. The lowest BCUT2D eigenvalue weighted by molar-refractivity contribution is -0.137. The fraction of sp³-hybridized carbons (Fsp3) is 0.750. The summed E-state index contributed by atoms with van der Waals surface area (Å²) in [5.74, 6) is -2.96. The van der Waals surface area contributed by atoms with Crippen molar-refractivity contribution in [2.75, 3.05) is 18.8 Å². The molecule has 3 N–H and O–H groups in total. The van der Waals surface area contributed by atoms with E-state index in [0.717, 1.165) is 0 Å². The third-order valence-corrected chi connectivity index (χ3v) is 3.17. The first-order chi connectivity index (χ1) is 8.52. The zero-order chi connectivity index (χ0) is 15.1. The average molecular weight is 306 g/mol. The number of nitrogens with one attached hydrogen (secondary N) is 2. The number of alkyl halides is 3. The zero-order valence-corrected chi connectivity index (χ0v) is 10.5. The van der Waals surface area contributed by atoms with Crippen molar-refractivity contribution in [2.24, 2.45) is 0 Å². The second-order valence-electron chi connectivity index (χ2n) is 3.53. The van der Waals surface area contributed by atoms with Gasteiger partial charge in [-0.3, -0.25) is 9.59 Å². The van der Waals surface area contributed by atoms with Gasteiger partial charge in [0, 0.05) is 6.42 Å². The van der Waals surface area contributed by atoms with Gasteiger partial charge in [-0.25, -0.2) is 13.1 Å². The summed E-state index contributed by atoms with van der Waals surface area (Å²) in [6.45, 7) is -1.39. The van der Waals surface area contributed by atoms with Crippen molar-refractivity contribution in [3.8, 4) is 0 Å². The Hall–Kier alpha value is -1.36. The lowest BCUT2D eigenvalue weighted by Gasteiger charge is -2.08. The minimum absolute atomic E-state index is 0.615. The Bertz CT molecular complexity index is 421. The van der Waals surface area contributed by atoms with Gasteiger partial charge in [0.05, 0.1) is 12.3 Å². The van der Waals surface area contributed by atoms with Gasteiger partial charge in [0.1, 0.15) is 6.54 Å². The highest BCUT2D eigenvalue weighted by Gasteiger charge is 2.27. The van der Waals surface area contributed by atoms with Crippen molar-refractivity contribution in [3.05, 3.63) is 0 Å². The Morgan fingerprint density at radius 3 is 2.21 bits per heavy atom.